The van der Waals surface area contributed by atoms with Crippen molar-refractivity contribution in [3.63, 3.8) is 0 Å². The summed E-state index contributed by atoms with van der Waals surface area (Å²) < 4.78 is 0. The lowest BCUT2D eigenvalue weighted by atomic mass is 10.1. The van der Waals surface area contributed by atoms with Crippen LogP contribution in [0.15, 0.2) is 54.6 Å². The summed E-state index contributed by atoms with van der Waals surface area (Å²) in [5.74, 6) is -0.758. The maximum atomic E-state index is 12.4. The van der Waals surface area contributed by atoms with Crippen LogP contribution >= 0.6 is 0 Å². The smallest absolute Gasteiger partial charge is 0.265 e. The van der Waals surface area contributed by atoms with Crippen LogP contribution in [-0.4, -0.2) is 11.8 Å². The van der Waals surface area contributed by atoms with E-state index in [0.29, 0.717) is 16.8 Å². The monoisotopic (exact) mass is 264 g/mol. The molecule has 2 amide bonds. The third-order valence-corrected chi connectivity index (χ3v) is 2.79. The predicted octanol–water partition coefficient (Wildman–Crippen LogP) is 2.75. The molecule has 2 rings (SSSR count). The second-order valence-corrected chi connectivity index (χ2v) is 4.18. The number of rotatable bonds is 2. The molecule has 0 saturated carbocycles. The number of nitriles is 1. The van der Waals surface area contributed by atoms with E-state index in [1.165, 1.54) is 6.92 Å². The summed E-state index contributed by atoms with van der Waals surface area (Å²) in [7, 11) is 0. The van der Waals surface area contributed by atoms with Crippen LogP contribution in [0.2, 0.25) is 0 Å². The lowest BCUT2D eigenvalue weighted by Crippen LogP contribution is -2.35. The van der Waals surface area contributed by atoms with Gasteiger partial charge < -0.3 is 0 Å². The van der Waals surface area contributed by atoms with E-state index in [-0.39, 0.29) is 11.8 Å². The van der Waals surface area contributed by atoms with Crippen LogP contribution in [0.1, 0.15) is 22.8 Å². The Kier molecular flexibility index (Phi) is 3.92. The second kappa shape index (κ2) is 5.81. The van der Waals surface area contributed by atoms with Crippen LogP contribution in [-0.2, 0) is 4.79 Å². The zero-order valence-corrected chi connectivity index (χ0v) is 10.9. The zero-order chi connectivity index (χ0) is 14.5. The summed E-state index contributed by atoms with van der Waals surface area (Å²) in [5, 5.41) is 8.77. The molecule has 0 heterocycles. The lowest BCUT2D eigenvalue weighted by Gasteiger charge is -2.19. The molecule has 4 heteroatoms. The molecule has 4 nitrogen and oxygen atoms in total. The number of nitrogens with zero attached hydrogens (tertiary/aromatic N) is 2. The van der Waals surface area contributed by atoms with Gasteiger partial charge in [-0.25, -0.2) is 4.90 Å². The second-order valence-electron chi connectivity index (χ2n) is 4.18. The van der Waals surface area contributed by atoms with Gasteiger partial charge in [0.05, 0.1) is 17.3 Å². The first-order valence-corrected chi connectivity index (χ1v) is 6.03. The molecule has 98 valence electrons. The summed E-state index contributed by atoms with van der Waals surface area (Å²) in [5.41, 5.74) is 1.36. The Hall–Kier alpha value is -2.93. The van der Waals surface area contributed by atoms with Gasteiger partial charge in [-0.2, -0.15) is 5.26 Å². The average Bonchev–Trinajstić information content (AvgIpc) is 2.48. The normalized spacial score (nSPS) is 9.60. The van der Waals surface area contributed by atoms with Crippen molar-refractivity contribution < 1.29 is 9.59 Å². The number of carbonyl (C=O) groups is 2. The van der Waals surface area contributed by atoms with E-state index in [1.807, 2.05) is 6.07 Å². The molecule has 0 aliphatic carbocycles. The van der Waals surface area contributed by atoms with Crippen molar-refractivity contribution in [2.24, 2.45) is 0 Å². The van der Waals surface area contributed by atoms with Crippen LogP contribution in [0.3, 0.4) is 0 Å². The van der Waals surface area contributed by atoms with E-state index in [0.717, 1.165) is 4.90 Å². The van der Waals surface area contributed by atoms with E-state index in [2.05, 4.69) is 0 Å². The van der Waals surface area contributed by atoms with Crippen molar-refractivity contribution in [3.05, 3.63) is 65.7 Å². The SMILES string of the molecule is CC(=O)N(C(=O)c1ccccc1)c1ccc(C#N)cc1. The summed E-state index contributed by atoms with van der Waals surface area (Å²) in [6.07, 6.45) is 0. The first kappa shape index (κ1) is 13.5. The molecule has 0 aliphatic heterocycles. The van der Waals surface area contributed by atoms with Crippen LogP contribution < -0.4 is 4.90 Å². The maximum Gasteiger partial charge on any atom is 0.265 e. The zero-order valence-electron chi connectivity index (χ0n) is 10.9. The number of benzene rings is 2. The van der Waals surface area contributed by atoms with Crippen molar-refractivity contribution in [2.75, 3.05) is 4.90 Å². The highest BCUT2D eigenvalue weighted by molar-refractivity contribution is 6.20. The van der Waals surface area contributed by atoms with Crippen LogP contribution in [0.25, 0.3) is 0 Å². The number of hydrogen-bond acceptors (Lipinski definition) is 3. The number of carbonyl (C=O) groups excluding carboxylic acids is 2. The van der Waals surface area contributed by atoms with E-state index >= 15 is 0 Å². The molecule has 0 N–H and O–H groups in total. The van der Waals surface area contributed by atoms with Crippen LogP contribution in [0.4, 0.5) is 5.69 Å². The Morgan fingerprint density at radius 1 is 1.00 bits per heavy atom. The lowest BCUT2D eigenvalue weighted by molar-refractivity contribution is -0.115. The first-order chi connectivity index (χ1) is 9.63. The van der Waals surface area contributed by atoms with Gasteiger partial charge in [-0.05, 0) is 36.4 Å². The molecule has 0 aliphatic rings. The summed E-state index contributed by atoms with van der Waals surface area (Å²) in [6, 6.07) is 16.9. The van der Waals surface area contributed by atoms with E-state index in [4.69, 9.17) is 5.26 Å². The Morgan fingerprint density at radius 2 is 1.60 bits per heavy atom. The highest BCUT2D eigenvalue weighted by Crippen LogP contribution is 2.18. The molecule has 0 spiro atoms. The molecule has 20 heavy (non-hydrogen) atoms. The molecule has 0 saturated heterocycles. The number of anilines is 1. The van der Waals surface area contributed by atoms with Gasteiger partial charge in [-0.3, -0.25) is 9.59 Å². The summed E-state index contributed by atoms with van der Waals surface area (Å²) in [6.45, 7) is 1.33. The minimum absolute atomic E-state index is 0.372. The van der Waals surface area contributed by atoms with Gasteiger partial charge in [0.2, 0.25) is 5.91 Å². The van der Waals surface area contributed by atoms with Gasteiger partial charge in [0.25, 0.3) is 5.91 Å². The Labute approximate surface area is 116 Å². The van der Waals surface area contributed by atoms with Crippen molar-refractivity contribution in [3.8, 4) is 6.07 Å². The van der Waals surface area contributed by atoms with Crippen molar-refractivity contribution >= 4 is 17.5 Å². The van der Waals surface area contributed by atoms with Gasteiger partial charge >= 0.3 is 0 Å². The minimum atomic E-state index is -0.386. The molecule has 0 bridgehead atoms. The first-order valence-electron chi connectivity index (χ1n) is 6.03. The molecule has 0 aromatic heterocycles. The predicted molar refractivity (Wildman–Crippen MR) is 75.1 cm³/mol. The van der Waals surface area contributed by atoms with Crippen molar-refractivity contribution in [1.29, 1.82) is 5.26 Å². The standard InChI is InChI=1S/C16H12N2O2/c1-12(19)18(15-9-7-13(11-17)8-10-15)16(20)14-5-3-2-4-6-14/h2-10H,1H3. The fourth-order valence-corrected chi connectivity index (χ4v) is 1.84. The number of amides is 2. The van der Waals surface area contributed by atoms with Gasteiger partial charge in [0.15, 0.2) is 0 Å². The molecule has 0 atom stereocenters. The van der Waals surface area contributed by atoms with Gasteiger partial charge in [0.1, 0.15) is 0 Å². The van der Waals surface area contributed by atoms with Crippen LogP contribution in [0, 0.1) is 11.3 Å². The Balaban J connectivity index is 2.39. The van der Waals surface area contributed by atoms with Crippen LogP contribution in [0.5, 0.6) is 0 Å². The largest absolute Gasteiger partial charge is 0.274 e. The third kappa shape index (κ3) is 2.73. The molecule has 0 radical (unpaired) electrons. The van der Waals surface area contributed by atoms with E-state index < -0.39 is 0 Å². The number of hydrogen-bond donors (Lipinski definition) is 0. The highest BCUT2D eigenvalue weighted by atomic mass is 16.2. The van der Waals surface area contributed by atoms with E-state index in [1.54, 1.807) is 54.6 Å². The summed E-state index contributed by atoms with van der Waals surface area (Å²) >= 11 is 0. The molecular weight excluding hydrogens is 252 g/mol. The molecule has 2 aromatic rings. The number of imide groups is 1. The molecule has 0 unspecified atom stereocenters. The van der Waals surface area contributed by atoms with Crippen molar-refractivity contribution in [1.82, 2.24) is 0 Å². The Bertz CT molecular complexity index is 670. The topological polar surface area (TPSA) is 61.2 Å². The Morgan fingerprint density at radius 3 is 2.10 bits per heavy atom. The average molecular weight is 264 g/mol. The molecule has 2 aromatic carbocycles. The maximum absolute atomic E-state index is 12.4. The van der Waals surface area contributed by atoms with Gasteiger partial charge in [-0.15, -0.1) is 0 Å². The molecule has 0 fully saturated rings. The third-order valence-electron chi connectivity index (χ3n) is 2.79. The fraction of sp³-hybridized carbons (Fsp3) is 0.0625. The fourth-order valence-electron chi connectivity index (χ4n) is 1.84. The van der Waals surface area contributed by atoms with Gasteiger partial charge in [-0.1, -0.05) is 18.2 Å². The minimum Gasteiger partial charge on any atom is -0.274 e. The quantitative estimate of drug-likeness (QED) is 0.837. The molecular formula is C16H12N2O2. The van der Waals surface area contributed by atoms with Gasteiger partial charge in [0, 0.05) is 12.5 Å². The summed E-state index contributed by atoms with van der Waals surface area (Å²) in [4.78, 5) is 25.2. The van der Waals surface area contributed by atoms with Crippen molar-refractivity contribution in [2.45, 2.75) is 6.92 Å². The highest BCUT2D eigenvalue weighted by Gasteiger charge is 2.21. The van der Waals surface area contributed by atoms with E-state index in [9.17, 15) is 9.59 Å².